The van der Waals surface area contributed by atoms with E-state index in [2.05, 4.69) is 22.0 Å². The van der Waals surface area contributed by atoms with Crippen molar-refractivity contribution in [2.45, 2.75) is 38.8 Å². The normalized spacial score (nSPS) is 21.1. The van der Waals surface area contributed by atoms with Crippen molar-refractivity contribution in [1.29, 1.82) is 0 Å². The first-order valence-corrected chi connectivity index (χ1v) is 10.4. The topological polar surface area (TPSA) is 67.8 Å². The fraction of sp³-hybridized carbons (Fsp3) is 0.500. The Balaban J connectivity index is 1.24. The predicted octanol–water partition coefficient (Wildman–Crippen LogP) is 2.14. The first-order chi connectivity index (χ1) is 14.2. The zero-order valence-corrected chi connectivity index (χ0v) is 16.8. The molecule has 0 aliphatic carbocycles. The van der Waals surface area contributed by atoms with Gasteiger partial charge in [-0.2, -0.15) is 0 Å². The van der Waals surface area contributed by atoms with Crippen molar-refractivity contribution in [2.75, 3.05) is 32.8 Å². The molecule has 0 N–H and O–H groups in total. The van der Waals surface area contributed by atoms with Crippen molar-refractivity contribution >= 4 is 5.91 Å². The van der Waals surface area contributed by atoms with Gasteiger partial charge < -0.3 is 14.4 Å². The second kappa shape index (κ2) is 7.63. The van der Waals surface area contributed by atoms with Crippen LogP contribution in [-0.4, -0.2) is 58.5 Å². The number of carbonyl (C=O) groups excluding carboxylic acids is 1. The third-order valence-corrected chi connectivity index (χ3v) is 6.05. The van der Waals surface area contributed by atoms with Gasteiger partial charge in [0.1, 0.15) is 19.0 Å². The van der Waals surface area contributed by atoms with E-state index in [4.69, 9.17) is 14.5 Å². The lowest BCUT2D eigenvalue weighted by Gasteiger charge is -2.27. The smallest absolute Gasteiger partial charge is 0.219 e. The number of aromatic nitrogens is 2. The maximum absolute atomic E-state index is 11.6. The predicted molar refractivity (Wildman–Crippen MR) is 107 cm³/mol. The summed E-state index contributed by atoms with van der Waals surface area (Å²) in [6, 6.07) is 6.23. The van der Waals surface area contributed by atoms with E-state index in [0.717, 1.165) is 67.6 Å². The number of hydrogen-bond acceptors (Lipinski definition) is 6. The molecular formula is C22H26N4O3. The highest BCUT2D eigenvalue weighted by molar-refractivity contribution is 5.73. The number of amides is 1. The van der Waals surface area contributed by atoms with E-state index in [1.807, 2.05) is 17.2 Å². The van der Waals surface area contributed by atoms with Crippen LogP contribution in [0.5, 0.6) is 11.5 Å². The van der Waals surface area contributed by atoms with Gasteiger partial charge in [-0.05, 0) is 30.7 Å². The lowest BCUT2D eigenvalue weighted by molar-refractivity contribution is -0.129. The number of carbonyl (C=O) groups is 1. The zero-order valence-electron chi connectivity index (χ0n) is 16.8. The summed E-state index contributed by atoms with van der Waals surface area (Å²) < 4.78 is 11.3. The van der Waals surface area contributed by atoms with Gasteiger partial charge in [0.15, 0.2) is 11.5 Å². The molecule has 1 aromatic heterocycles. The summed E-state index contributed by atoms with van der Waals surface area (Å²) in [6.45, 7) is 7.13. The minimum absolute atomic E-state index is 0.116. The summed E-state index contributed by atoms with van der Waals surface area (Å²) in [6.07, 6.45) is 3.82. The van der Waals surface area contributed by atoms with Crippen LogP contribution in [0.1, 0.15) is 41.9 Å². The number of benzene rings is 1. The van der Waals surface area contributed by atoms with Gasteiger partial charge in [0, 0.05) is 57.2 Å². The molecule has 1 atom stereocenters. The van der Waals surface area contributed by atoms with Gasteiger partial charge in [-0.25, -0.2) is 9.97 Å². The van der Waals surface area contributed by atoms with Crippen LogP contribution < -0.4 is 9.47 Å². The van der Waals surface area contributed by atoms with E-state index in [9.17, 15) is 4.79 Å². The molecule has 2 aromatic rings. The Bertz CT molecular complexity index is 932. The highest BCUT2D eigenvalue weighted by Gasteiger charge is 2.28. The second-order valence-corrected chi connectivity index (χ2v) is 8.09. The van der Waals surface area contributed by atoms with Crippen molar-refractivity contribution in [3.05, 3.63) is 47.0 Å². The van der Waals surface area contributed by atoms with E-state index in [1.165, 1.54) is 5.56 Å². The van der Waals surface area contributed by atoms with E-state index in [0.29, 0.717) is 25.7 Å². The monoisotopic (exact) mass is 394 g/mol. The highest BCUT2D eigenvalue weighted by atomic mass is 16.6. The molecule has 5 rings (SSSR count). The molecule has 1 fully saturated rings. The molecule has 7 nitrogen and oxygen atoms in total. The SMILES string of the molecule is CC(=O)N1CCc2nc(C3CCN(Cc4ccc5c(c4)OCCO5)C3)ncc2C1. The second-order valence-electron chi connectivity index (χ2n) is 8.09. The molecule has 0 bridgehead atoms. The van der Waals surface area contributed by atoms with Crippen LogP contribution >= 0.6 is 0 Å². The van der Waals surface area contributed by atoms with E-state index >= 15 is 0 Å². The summed E-state index contributed by atoms with van der Waals surface area (Å²) in [7, 11) is 0. The van der Waals surface area contributed by atoms with Crippen LogP contribution in [0.25, 0.3) is 0 Å². The summed E-state index contributed by atoms with van der Waals surface area (Å²) in [5, 5.41) is 0. The highest BCUT2D eigenvalue weighted by Crippen LogP contribution is 2.32. The Hall–Kier alpha value is -2.67. The number of fused-ring (bicyclic) bond motifs is 2. The molecule has 1 unspecified atom stereocenters. The van der Waals surface area contributed by atoms with Crippen LogP contribution in [0.4, 0.5) is 0 Å². The van der Waals surface area contributed by atoms with Crippen molar-refractivity contribution in [3.63, 3.8) is 0 Å². The third-order valence-electron chi connectivity index (χ3n) is 6.05. The van der Waals surface area contributed by atoms with Gasteiger partial charge in [0.2, 0.25) is 5.91 Å². The standard InChI is InChI=1S/C22H26N4O3/c1-15(27)26-7-5-19-18(14-26)11-23-22(24-19)17-4-6-25(13-17)12-16-2-3-20-21(10-16)29-9-8-28-20/h2-3,10-11,17H,4-9,12-14H2,1H3. The lowest BCUT2D eigenvalue weighted by atomic mass is 10.0. The van der Waals surface area contributed by atoms with Gasteiger partial charge in [0.25, 0.3) is 0 Å². The maximum atomic E-state index is 11.6. The number of nitrogens with zero attached hydrogens (tertiary/aromatic N) is 4. The molecule has 0 spiro atoms. The summed E-state index contributed by atoms with van der Waals surface area (Å²) in [5.74, 6) is 3.12. The molecule has 3 aliphatic rings. The van der Waals surface area contributed by atoms with Gasteiger partial charge in [-0.15, -0.1) is 0 Å². The molecule has 0 saturated carbocycles. The van der Waals surface area contributed by atoms with Crippen molar-refractivity contribution in [3.8, 4) is 11.5 Å². The van der Waals surface area contributed by atoms with Gasteiger partial charge in [0.05, 0.1) is 5.69 Å². The first-order valence-electron chi connectivity index (χ1n) is 10.4. The molecule has 152 valence electrons. The van der Waals surface area contributed by atoms with E-state index in [-0.39, 0.29) is 5.91 Å². The van der Waals surface area contributed by atoms with Crippen molar-refractivity contribution < 1.29 is 14.3 Å². The van der Waals surface area contributed by atoms with Crippen LogP contribution in [0.3, 0.4) is 0 Å². The molecule has 1 saturated heterocycles. The average Bonchev–Trinajstić information content (AvgIpc) is 3.21. The Labute approximate surface area is 170 Å². The minimum atomic E-state index is 0.116. The fourth-order valence-electron chi connectivity index (χ4n) is 4.43. The lowest BCUT2D eigenvalue weighted by Crippen LogP contribution is -2.35. The van der Waals surface area contributed by atoms with Crippen LogP contribution in [0.2, 0.25) is 0 Å². The molecule has 29 heavy (non-hydrogen) atoms. The Morgan fingerprint density at radius 2 is 2.07 bits per heavy atom. The quantitative estimate of drug-likeness (QED) is 0.795. The molecule has 3 aliphatic heterocycles. The van der Waals surface area contributed by atoms with E-state index < -0.39 is 0 Å². The number of rotatable bonds is 3. The summed E-state index contributed by atoms with van der Waals surface area (Å²) in [4.78, 5) is 25.5. The molecule has 1 aromatic carbocycles. The van der Waals surface area contributed by atoms with Crippen molar-refractivity contribution in [2.24, 2.45) is 0 Å². The van der Waals surface area contributed by atoms with Crippen LogP contribution in [0, 0.1) is 0 Å². The van der Waals surface area contributed by atoms with Gasteiger partial charge in [-0.1, -0.05) is 6.07 Å². The summed E-state index contributed by atoms with van der Waals surface area (Å²) >= 11 is 0. The van der Waals surface area contributed by atoms with Crippen LogP contribution in [-0.2, 0) is 24.3 Å². The summed E-state index contributed by atoms with van der Waals surface area (Å²) in [5.41, 5.74) is 3.43. The maximum Gasteiger partial charge on any atom is 0.219 e. The van der Waals surface area contributed by atoms with Crippen LogP contribution in [0.15, 0.2) is 24.4 Å². The third kappa shape index (κ3) is 3.79. The molecule has 4 heterocycles. The Morgan fingerprint density at radius 1 is 1.21 bits per heavy atom. The molecule has 0 radical (unpaired) electrons. The number of likely N-dealkylation sites (tertiary alicyclic amines) is 1. The molecule has 1 amide bonds. The fourth-order valence-corrected chi connectivity index (χ4v) is 4.43. The van der Waals surface area contributed by atoms with Gasteiger partial charge in [-0.3, -0.25) is 9.69 Å². The van der Waals surface area contributed by atoms with E-state index in [1.54, 1.807) is 6.92 Å². The molecule has 7 heteroatoms. The largest absolute Gasteiger partial charge is 0.486 e. The number of ether oxygens (including phenoxy) is 2. The first kappa shape index (κ1) is 18.4. The van der Waals surface area contributed by atoms with Gasteiger partial charge >= 0.3 is 0 Å². The zero-order chi connectivity index (χ0) is 19.8. The number of hydrogen-bond donors (Lipinski definition) is 0. The van der Waals surface area contributed by atoms with Crippen molar-refractivity contribution in [1.82, 2.24) is 19.8 Å². The molecular weight excluding hydrogens is 368 g/mol. The minimum Gasteiger partial charge on any atom is -0.486 e. The Kier molecular flexibility index (Phi) is 4.83. The average molecular weight is 394 g/mol. The Morgan fingerprint density at radius 3 is 2.93 bits per heavy atom.